The number of hydrogen-bond acceptors (Lipinski definition) is 0. The minimum absolute atomic E-state index is 0.165. The Kier molecular flexibility index (Phi) is 4.81. The predicted octanol–water partition coefficient (Wildman–Crippen LogP) is 6.90. The molecule has 1 aliphatic rings. The first-order chi connectivity index (χ1) is 13.3. The van der Waals surface area contributed by atoms with E-state index in [1.165, 1.54) is 70.1 Å². The number of aryl methyl sites for hydroxylation is 2. The van der Waals surface area contributed by atoms with Crippen molar-refractivity contribution in [1.29, 1.82) is 0 Å². The van der Waals surface area contributed by atoms with Gasteiger partial charge in [0.2, 0.25) is 5.69 Å². The normalized spacial score (nSPS) is 15.5. The lowest BCUT2D eigenvalue weighted by atomic mass is 9.85. The van der Waals surface area contributed by atoms with Gasteiger partial charge in [0.1, 0.15) is 7.05 Å². The number of hydrogen-bond donors (Lipinski definition) is 0. The zero-order chi connectivity index (χ0) is 20.1. The van der Waals surface area contributed by atoms with Crippen LogP contribution in [-0.4, -0.2) is 0 Å². The van der Waals surface area contributed by atoms with Crippen LogP contribution in [0.15, 0.2) is 42.5 Å². The SMILES string of the molecule is Cc1ccc(C2CCCC2)cc1-c1c2ccc(C(C)(C)C)cc2cc(C)[n+]1C. The van der Waals surface area contributed by atoms with Crippen molar-refractivity contribution in [3.8, 4) is 11.3 Å². The van der Waals surface area contributed by atoms with Gasteiger partial charge in [-0.15, -0.1) is 0 Å². The van der Waals surface area contributed by atoms with Gasteiger partial charge >= 0.3 is 0 Å². The molecule has 28 heavy (non-hydrogen) atoms. The smallest absolute Gasteiger partial charge is 0.198 e. The molecule has 0 amide bonds. The van der Waals surface area contributed by atoms with E-state index in [-0.39, 0.29) is 5.41 Å². The van der Waals surface area contributed by atoms with Crippen LogP contribution >= 0.6 is 0 Å². The van der Waals surface area contributed by atoms with Crippen molar-refractivity contribution in [2.45, 2.75) is 71.6 Å². The second kappa shape index (κ2) is 7.03. The van der Waals surface area contributed by atoms with Crippen molar-refractivity contribution in [2.24, 2.45) is 7.05 Å². The van der Waals surface area contributed by atoms with Crippen molar-refractivity contribution < 1.29 is 4.57 Å². The van der Waals surface area contributed by atoms with Gasteiger partial charge in [-0.25, -0.2) is 0 Å². The molecule has 2 aromatic carbocycles. The second-order valence-corrected chi connectivity index (χ2v) is 9.80. The molecule has 1 aromatic heterocycles. The molecule has 1 heteroatoms. The maximum atomic E-state index is 2.48. The summed E-state index contributed by atoms with van der Waals surface area (Å²) in [6.45, 7) is 11.4. The quantitative estimate of drug-likeness (QED) is 0.431. The fourth-order valence-corrected chi connectivity index (χ4v) is 4.78. The van der Waals surface area contributed by atoms with E-state index in [4.69, 9.17) is 0 Å². The first kappa shape index (κ1) is 19.2. The summed E-state index contributed by atoms with van der Waals surface area (Å²) in [7, 11) is 2.21. The van der Waals surface area contributed by atoms with Crippen LogP contribution in [0, 0.1) is 13.8 Å². The van der Waals surface area contributed by atoms with Gasteiger partial charge in [0, 0.05) is 18.6 Å². The van der Waals surface area contributed by atoms with Crippen molar-refractivity contribution >= 4 is 10.8 Å². The van der Waals surface area contributed by atoms with Crippen LogP contribution in [0.25, 0.3) is 22.0 Å². The van der Waals surface area contributed by atoms with Gasteiger partial charge in [-0.1, -0.05) is 57.9 Å². The average molecular weight is 373 g/mol. The van der Waals surface area contributed by atoms with E-state index in [0.29, 0.717) is 0 Å². The van der Waals surface area contributed by atoms with Gasteiger partial charge in [0.15, 0.2) is 5.69 Å². The van der Waals surface area contributed by atoms with E-state index in [0.717, 1.165) is 5.92 Å². The first-order valence-electron chi connectivity index (χ1n) is 10.8. The Balaban J connectivity index is 1.95. The van der Waals surface area contributed by atoms with Gasteiger partial charge in [0.25, 0.3) is 0 Å². The van der Waals surface area contributed by atoms with Crippen molar-refractivity contribution in [3.05, 3.63) is 64.8 Å². The summed E-state index contributed by atoms with van der Waals surface area (Å²) in [4.78, 5) is 0. The maximum Gasteiger partial charge on any atom is 0.220 e. The molecule has 1 fully saturated rings. The Hall–Kier alpha value is -2.15. The van der Waals surface area contributed by atoms with Crippen LogP contribution in [0.4, 0.5) is 0 Å². The zero-order valence-corrected chi connectivity index (χ0v) is 18.4. The molecule has 0 saturated heterocycles. The molecule has 0 N–H and O–H groups in total. The molecule has 0 unspecified atom stereocenters. The highest BCUT2D eigenvalue weighted by Crippen LogP contribution is 2.38. The first-order valence-corrected chi connectivity index (χ1v) is 10.8. The summed E-state index contributed by atoms with van der Waals surface area (Å²) in [5.74, 6) is 0.744. The van der Waals surface area contributed by atoms with Crippen LogP contribution in [0.3, 0.4) is 0 Å². The van der Waals surface area contributed by atoms with E-state index in [2.05, 4.69) is 88.7 Å². The van der Waals surface area contributed by atoms with E-state index in [1.54, 1.807) is 0 Å². The molecule has 1 nitrogen and oxygen atoms in total. The third-order valence-electron chi connectivity index (χ3n) is 6.74. The Morgan fingerprint density at radius 3 is 2.29 bits per heavy atom. The van der Waals surface area contributed by atoms with E-state index in [1.807, 2.05) is 0 Å². The number of aromatic nitrogens is 1. The molecule has 0 spiro atoms. The van der Waals surface area contributed by atoms with Crippen LogP contribution < -0.4 is 4.57 Å². The van der Waals surface area contributed by atoms with E-state index in [9.17, 15) is 0 Å². The number of fused-ring (bicyclic) bond motifs is 1. The average Bonchev–Trinajstić information content (AvgIpc) is 3.17. The van der Waals surface area contributed by atoms with Crippen LogP contribution in [0.5, 0.6) is 0 Å². The minimum atomic E-state index is 0.165. The molecule has 0 atom stereocenters. The van der Waals surface area contributed by atoms with Gasteiger partial charge in [-0.05, 0) is 65.3 Å². The van der Waals surface area contributed by atoms with E-state index >= 15 is 0 Å². The Morgan fingerprint density at radius 2 is 1.61 bits per heavy atom. The molecule has 4 rings (SSSR count). The van der Waals surface area contributed by atoms with Crippen LogP contribution in [-0.2, 0) is 12.5 Å². The Morgan fingerprint density at radius 1 is 0.893 bits per heavy atom. The monoisotopic (exact) mass is 372 g/mol. The lowest BCUT2D eigenvalue weighted by Crippen LogP contribution is -2.35. The molecule has 0 aliphatic heterocycles. The number of nitrogens with zero attached hydrogens (tertiary/aromatic N) is 1. The third-order valence-corrected chi connectivity index (χ3v) is 6.74. The van der Waals surface area contributed by atoms with E-state index < -0.39 is 0 Å². The van der Waals surface area contributed by atoms with Crippen molar-refractivity contribution in [2.75, 3.05) is 0 Å². The highest BCUT2D eigenvalue weighted by atomic mass is 14.9. The lowest BCUT2D eigenvalue weighted by Gasteiger charge is -2.20. The summed E-state index contributed by atoms with van der Waals surface area (Å²) < 4.78 is 2.37. The van der Waals surface area contributed by atoms with Gasteiger partial charge in [-0.2, -0.15) is 4.57 Å². The largest absolute Gasteiger partial charge is 0.220 e. The molecular formula is C27H34N+. The summed E-state index contributed by atoms with van der Waals surface area (Å²) in [5, 5.41) is 2.71. The molecule has 146 valence electrons. The fraction of sp³-hybridized carbons (Fsp3) is 0.444. The summed E-state index contributed by atoms with van der Waals surface area (Å²) in [6.07, 6.45) is 5.45. The topological polar surface area (TPSA) is 3.88 Å². The summed E-state index contributed by atoms with van der Waals surface area (Å²) >= 11 is 0. The molecule has 1 saturated carbocycles. The highest BCUT2D eigenvalue weighted by Gasteiger charge is 2.24. The third kappa shape index (κ3) is 3.36. The number of rotatable bonds is 2. The Bertz CT molecular complexity index is 1030. The van der Waals surface area contributed by atoms with Gasteiger partial charge < -0.3 is 0 Å². The molecular weight excluding hydrogens is 338 g/mol. The number of pyridine rings is 1. The standard InChI is InChI=1S/C27H34N/c1-18-11-12-21(20-9-7-8-10-20)17-25(18)26-24-14-13-23(27(3,4)5)16-22(24)15-19(2)28(26)6/h11-17,20H,7-10H2,1-6H3/q+1. The van der Waals surface area contributed by atoms with Gasteiger partial charge in [0.05, 0.1) is 5.39 Å². The molecule has 1 heterocycles. The summed E-state index contributed by atoms with van der Waals surface area (Å²) in [5.41, 5.74) is 8.51. The van der Waals surface area contributed by atoms with Crippen LogP contribution in [0.1, 0.15) is 74.8 Å². The molecule has 0 bridgehead atoms. The lowest BCUT2D eigenvalue weighted by molar-refractivity contribution is -0.665. The Labute approximate surface area is 170 Å². The highest BCUT2D eigenvalue weighted by molar-refractivity contribution is 5.94. The maximum absolute atomic E-state index is 2.48. The molecule has 0 radical (unpaired) electrons. The fourth-order valence-electron chi connectivity index (χ4n) is 4.78. The number of benzene rings is 2. The summed E-state index contributed by atoms with van der Waals surface area (Å²) in [6, 6.07) is 16.6. The predicted molar refractivity (Wildman–Crippen MR) is 120 cm³/mol. The minimum Gasteiger partial charge on any atom is -0.198 e. The molecule has 3 aromatic rings. The van der Waals surface area contributed by atoms with Crippen molar-refractivity contribution in [1.82, 2.24) is 0 Å². The van der Waals surface area contributed by atoms with Crippen molar-refractivity contribution in [3.63, 3.8) is 0 Å². The molecule has 1 aliphatic carbocycles. The second-order valence-electron chi connectivity index (χ2n) is 9.80. The van der Waals surface area contributed by atoms with Gasteiger partial charge in [-0.3, -0.25) is 0 Å². The zero-order valence-electron chi connectivity index (χ0n) is 18.4. The van der Waals surface area contributed by atoms with Crippen LogP contribution in [0.2, 0.25) is 0 Å².